The first-order chi connectivity index (χ1) is 14.9. The lowest BCUT2D eigenvalue weighted by Crippen LogP contribution is -2.49. The second kappa shape index (κ2) is 7.93. The Labute approximate surface area is 182 Å². The molecule has 0 radical (unpaired) electrons. The lowest BCUT2D eigenvalue weighted by molar-refractivity contribution is -0.0432. The second-order valence-electron chi connectivity index (χ2n) is 10.3. The Morgan fingerprint density at radius 3 is 2.45 bits per heavy atom. The van der Waals surface area contributed by atoms with Gasteiger partial charge in [0.25, 0.3) is 5.92 Å². The van der Waals surface area contributed by atoms with Gasteiger partial charge in [0.2, 0.25) is 0 Å². The van der Waals surface area contributed by atoms with Gasteiger partial charge in [-0.3, -0.25) is 4.68 Å². The highest BCUT2D eigenvalue weighted by atomic mass is 19.3. The molecule has 1 atom stereocenters. The summed E-state index contributed by atoms with van der Waals surface area (Å²) in [7, 11) is 1.90. The van der Waals surface area contributed by atoms with E-state index in [-0.39, 0.29) is 13.0 Å². The molecule has 3 fully saturated rings. The molecule has 3 aliphatic rings. The van der Waals surface area contributed by atoms with Crippen LogP contribution < -0.4 is 0 Å². The summed E-state index contributed by atoms with van der Waals surface area (Å²) in [5.74, 6) is -1.91. The zero-order chi connectivity index (χ0) is 21.5. The molecular weight excluding hydrogens is 398 g/mol. The van der Waals surface area contributed by atoms with Crippen LogP contribution in [0, 0.1) is 16.7 Å². The zero-order valence-electron chi connectivity index (χ0n) is 18.3. The highest BCUT2D eigenvalue weighted by molar-refractivity contribution is 5.15. The number of hydrogen-bond donors (Lipinski definition) is 0. The number of benzene rings is 1. The smallest absolute Gasteiger partial charge is 0.258 e. The molecule has 0 amide bonds. The molecule has 1 aromatic carbocycles. The number of piperidine rings is 1. The predicted octanol–water partition coefficient (Wildman–Crippen LogP) is 4.09. The summed E-state index contributed by atoms with van der Waals surface area (Å²) >= 11 is 0. The topological polar surface area (TPSA) is 43.2 Å². The molecule has 2 aromatic rings. The largest absolute Gasteiger partial charge is 0.376 e. The molecule has 2 saturated carbocycles. The Hall–Kier alpha value is -1.86. The number of aryl methyl sites for hydroxylation is 1. The van der Waals surface area contributed by atoms with Crippen LogP contribution in [0.2, 0.25) is 0 Å². The molecule has 2 aliphatic carbocycles. The van der Waals surface area contributed by atoms with Crippen LogP contribution >= 0.6 is 0 Å². The first-order valence-corrected chi connectivity index (χ1v) is 11.4. The molecular formula is C24H32F2N4O. The fraction of sp³-hybridized carbons (Fsp3) is 0.667. The van der Waals surface area contributed by atoms with E-state index in [1.807, 2.05) is 43.6 Å². The van der Waals surface area contributed by atoms with E-state index in [1.165, 1.54) is 12.8 Å². The average Bonchev–Trinajstić information content (AvgIpc) is 3.02. The maximum Gasteiger partial charge on any atom is 0.258 e. The van der Waals surface area contributed by atoms with Gasteiger partial charge in [0.1, 0.15) is 0 Å². The van der Waals surface area contributed by atoms with Crippen LogP contribution in [0.3, 0.4) is 0 Å². The summed E-state index contributed by atoms with van der Waals surface area (Å²) in [6, 6.07) is 9.78. The number of aromatic nitrogens is 3. The monoisotopic (exact) mass is 430 g/mol. The standard InChI is InChI=1S/C24H32F2N4O/c1-29-14-21(27-28-29)11-20-12-22(13-20)7-9-30(10-8-22)17-23(16-24(23,25)26)18-31-15-19-5-3-2-4-6-19/h2-6,14,20H,7-13,15-18H2,1H3/t23-/m1/s1. The van der Waals surface area contributed by atoms with Gasteiger partial charge in [-0.2, -0.15) is 0 Å². The van der Waals surface area contributed by atoms with Crippen molar-refractivity contribution in [1.29, 1.82) is 0 Å². The number of rotatable bonds is 8. The minimum Gasteiger partial charge on any atom is -0.376 e. The van der Waals surface area contributed by atoms with Crippen LogP contribution in [0.25, 0.3) is 0 Å². The van der Waals surface area contributed by atoms with Crippen LogP contribution in [-0.2, 0) is 24.8 Å². The van der Waals surface area contributed by atoms with Crippen molar-refractivity contribution in [3.05, 3.63) is 47.8 Å². The van der Waals surface area contributed by atoms with Crippen molar-refractivity contribution in [3.8, 4) is 0 Å². The highest BCUT2D eigenvalue weighted by Gasteiger charge is 2.71. The van der Waals surface area contributed by atoms with E-state index < -0.39 is 11.3 Å². The maximum absolute atomic E-state index is 14.3. The Kier molecular flexibility index (Phi) is 5.37. The van der Waals surface area contributed by atoms with Crippen molar-refractivity contribution in [2.24, 2.45) is 23.8 Å². The average molecular weight is 431 g/mol. The summed E-state index contributed by atoms with van der Waals surface area (Å²) in [6.45, 7) is 2.84. The maximum atomic E-state index is 14.3. The van der Waals surface area contributed by atoms with Crippen molar-refractivity contribution in [2.75, 3.05) is 26.2 Å². The van der Waals surface area contributed by atoms with Gasteiger partial charge in [0, 0.05) is 26.2 Å². The third-order valence-corrected chi connectivity index (χ3v) is 7.74. The van der Waals surface area contributed by atoms with Gasteiger partial charge in [0.05, 0.1) is 24.3 Å². The lowest BCUT2D eigenvalue weighted by atomic mass is 9.56. The van der Waals surface area contributed by atoms with E-state index in [0.717, 1.165) is 43.6 Å². The number of ether oxygens (including phenoxy) is 1. The van der Waals surface area contributed by atoms with Crippen LogP contribution in [0.4, 0.5) is 8.78 Å². The van der Waals surface area contributed by atoms with Crippen molar-refractivity contribution in [3.63, 3.8) is 0 Å². The van der Waals surface area contributed by atoms with Gasteiger partial charge in [-0.15, -0.1) is 5.10 Å². The third-order valence-electron chi connectivity index (χ3n) is 7.74. The molecule has 168 valence electrons. The molecule has 0 unspecified atom stereocenters. The minimum absolute atomic E-state index is 0.0450. The van der Waals surface area contributed by atoms with E-state index in [0.29, 0.717) is 24.5 Å². The van der Waals surface area contributed by atoms with Crippen LogP contribution in [0.15, 0.2) is 36.5 Å². The Morgan fingerprint density at radius 2 is 1.84 bits per heavy atom. The first kappa shape index (κ1) is 21.0. The zero-order valence-corrected chi connectivity index (χ0v) is 18.3. The molecule has 5 rings (SSSR count). The lowest BCUT2D eigenvalue weighted by Gasteiger charge is -2.52. The molecule has 7 heteroatoms. The van der Waals surface area contributed by atoms with Gasteiger partial charge in [-0.1, -0.05) is 35.5 Å². The number of hydrogen-bond acceptors (Lipinski definition) is 4. The third kappa shape index (κ3) is 4.40. The SMILES string of the molecule is Cn1cc(CC2CC3(CCN(C[C@@]4(COCc5ccccc5)CC4(F)F)CC3)C2)nn1. The minimum atomic E-state index is -2.60. The van der Waals surface area contributed by atoms with Crippen molar-refractivity contribution in [1.82, 2.24) is 19.9 Å². The molecule has 0 bridgehead atoms. The second-order valence-corrected chi connectivity index (χ2v) is 10.3. The summed E-state index contributed by atoms with van der Waals surface area (Å²) in [5.41, 5.74) is 1.53. The van der Waals surface area contributed by atoms with E-state index >= 15 is 0 Å². The predicted molar refractivity (Wildman–Crippen MR) is 114 cm³/mol. The Balaban J connectivity index is 1.08. The van der Waals surface area contributed by atoms with E-state index in [1.54, 1.807) is 4.68 Å². The van der Waals surface area contributed by atoms with Crippen LogP contribution in [0.5, 0.6) is 0 Å². The molecule has 5 nitrogen and oxygen atoms in total. The Bertz CT molecular complexity index is 886. The van der Waals surface area contributed by atoms with E-state index in [9.17, 15) is 8.78 Å². The van der Waals surface area contributed by atoms with Crippen molar-refractivity contribution < 1.29 is 13.5 Å². The number of nitrogens with zero attached hydrogens (tertiary/aromatic N) is 4. The molecule has 1 aromatic heterocycles. The Morgan fingerprint density at radius 1 is 1.13 bits per heavy atom. The summed E-state index contributed by atoms with van der Waals surface area (Å²) in [4.78, 5) is 2.26. The van der Waals surface area contributed by atoms with Gasteiger partial charge in [-0.25, -0.2) is 8.78 Å². The summed E-state index contributed by atoms with van der Waals surface area (Å²) in [5, 5.41) is 8.23. The highest BCUT2D eigenvalue weighted by Crippen LogP contribution is 2.61. The first-order valence-electron chi connectivity index (χ1n) is 11.4. The van der Waals surface area contributed by atoms with Crippen LogP contribution in [0.1, 0.15) is 43.4 Å². The van der Waals surface area contributed by atoms with Gasteiger partial charge >= 0.3 is 0 Å². The molecule has 1 spiro atoms. The molecule has 2 heterocycles. The summed E-state index contributed by atoms with van der Waals surface area (Å²) < 4.78 is 36.1. The number of likely N-dealkylation sites (tertiary alicyclic amines) is 1. The molecule has 1 aliphatic heterocycles. The fourth-order valence-corrected chi connectivity index (χ4v) is 5.81. The number of alkyl halides is 2. The van der Waals surface area contributed by atoms with Gasteiger partial charge in [-0.05, 0) is 62.1 Å². The molecule has 1 saturated heterocycles. The van der Waals surface area contributed by atoms with Crippen LogP contribution in [-0.4, -0.2) is 52.1 Å². The van der Waals surface area contributed by atoms with Gasteiger partial charge in [0.15, 0.2) is 0 Å². The number of halogens is 2. The molecule has 0 N–H and O–H groups in total. The quantitative estimate of drug-likeness (QED) is 0.633. The van der Waals surface area contributed by atoms with Crippen molar-refractivity contribution in [2.45, 2.75) is 51.1 Å². The summed E-state index contributed by atoms with van der Waals surface area (Å²) in [6.07, 6.45) is 7.68. The van der Waals surface area contributed by atoms with E-state index in [4.69, 9.17) is 4.74 Å². The van der Waals surface area contributed by atoms with E-state index in [2.05, 4.69) is 15.2 Å². The van der Waals surface area contributed by atoms with Gasteiger partial charge < -0.3 is 9.64 Å². The fourth-order valence-electron chi connectivity index (χ4n) is 5.81. The molecule has 31 heavy (non-hydrogen) atoms. The normalized spacial score (nSPS) is 27.3. The van der Waals surface area contributed by atoms with Crippen molar-refractivity contribution >= 4 is 0 Å².